The molecule has 0 aliphatic carbocycles. The van der Waals surface area contributed by atoms with Crippen molar-refractivity contribution in [1.82, 2.24) is 0 Å². The minimum absolute atomic E-state index is 0. The van der Waals surface area contributed by atoms with Gasteiger partial charge in [-0.25, -0.2) is 8.42 Å². The van der Waals surface area contributed by atoms with E-state index in [4.69, 9.17) is 11.1 Å². The first kappa shape index (κ1) is 12.9. The van der Waals surface area contributed by atoms with Gasteiger partial charge in [0.2, 0.25) is 0 Å². The quantitative estimate of drug-likeness (QED) is 0.586. The summed E-state index contributed by atoms with van der Waals surface area (Å²) < 4.78 is 22.4. The molecule has 1 rings (SSSR count). The minimum atomic E-state index is -3.30. The van der Waals surface area contributed by atoms with E-state index >= 15 is 0 Å². The number of amidine groups is 1. The third kappa shape index (κ3) is 2.71. The van der Waals surface area contributed by atoms with Crippen molar-refractivity contribution >= 4 is 28.1 Å². The molecule has 0 aliphatic heterocycles. The number of benzene rings is 1. The van der Waals surface area contributed by atoms with E-state index in [0.717, 1.165) is 6.26 Å². The van der Waals surface area contributed by atoms with E-state index in [1.54, 1.807) is 12.1 Å². The third-order valence-corrected chi connectivity index (χ3v) is 2.73. The predicted molar refractivity (Wildman–Crippen MR) is 57.8 cm³/mol. The molecule has 0 aromatic heterocycles. The number of hydrogen-bond donors (Lipinski definition) is 2. The lowest BCUT2D eigenvalue weighted by molar-refractivity contribution is 0.601. The Morgan fingerprint density at radius 1 is 1.36 bits per heavy atom. The van der Waals surface area contributed by atoms with E-state index in [2.05, 4.69) is 0 Å². The van der Waals surface area contributed by atoms with Crippen LogP contribution in [0.5, 0.6) is 0 Å². The van der Waals surface area contributed by atoms with Crippen LogP contribution in [0.25, 0.3) is 0 Å². The molecule has 0 aliphatic rings. The average Bonchev–Trinajstić information content (AvgIpc) is 2.03. The molecule has 6 heteroatoms. The highest BCUT2D eigenvalue weighted by Gasteiger charge is 2.13. The molecule has 1 aromatic rings. The molecule has 0 radical (unpaired) electrons. The molecule has 78 valence electrons. The van der Waals surface area contributed by atoms with E-state index in [1.165, 1.54) is 12.1 Å². The Labute approximate surface area is 89.0 Å². The number of rotatable bonds is 2. The molecule has 0 heterocycles. The van der Waals surface area contributed by atoms with Crippen molar-refractivity contribution in [2.24, 2.45) is 5.73 Å². The summed E-state index contributed by atoms with van der Waals surface area (Å²) in [6, 6.07) is 6.19. The van der Waals surface area contributed by atoms with Crippen molar-refractivity contribution in [2.75, 3.05) is 6.26 Å². The van der Waals surface area contributed by atoms with Gasteiger partial charge in [-0.2, -0.15) is 0 Å². The van der Waals surface area contributed by atoms with Crippen LogP contribution in [0.15, 0.2) is 29.2 Å². The predicted octanol–water partition coefficient (Wildman–Crippen LogP) is 0.796. The van der Waals surface area contributed by atoms with Gasteiger partial charge in [-0.1, -0.05) is 12.1 Å². The summed E-state index contributed by atoms with van der Waals surface area (Å²) in [4.78, 5) is 0.0995. The van der Waals surface area contributed by atoms with E-state index in [9.17, 15) is 8.42 Å². The van der Waals surface area contributed by atoms with Crippen molar-refractivity contribution in [2.45, 2.75) is 4.90 Å². The molecule has 0 atom stereocenters. The summed E-state index contributed by atoms with van der Waals surface area (Å²) in [5.74, 6) is -0.235. The Morgan fingerprint density at radius 3 is 2.21 bits per heavy atom. The van der Waals surface area contributed by atoms with Gasteiger partial charge >= 0.3 is 0 Å². The fourth-order valence-electron chi connectivity index (χ4n) is 1.01. The highest BCUT2D eigenvalue weighted by Crippen LogP contribution is 2.13. The highest BCUT2D eigenvalue weighted by molar-refractivity contribution is 7.90. The summed E-state index contributed by atoms with van der Waals surface area (Å²) in [6.45, 7) is 0. The average molecular weight is 235 g/mol. The second kappa shape index (κ2) is 4.43. The zero-order chi connectivity index (χ0) is 10.1. The Balaban J connectivity index is 0.00000169. The summed E-state index contributed by atoms with van der Waals surface area (Å²) >= 11 is 0. The maximum atomic E-state index is 11.2. The van der Waals surface area contributed by atoms with Crippen LogP contribution in [0, 0.1) is 5.41 Å². The van der Waals surface area contributed by atoms with Crippen LogP contribution in [0.3, 0.4) is 0 Å². The van der Waals surface area contributed by atoms with E-state index in [-0.39, 0.29) is 28.7 Å². The fourth-order valence-corrected chi connectivity index (χ4v) is 1.92. The maximum absolute atomic E-state index is 11.2. The molecule has 0 amide bonds. The van der Waals surface area contributed by atoms with Gasteiger partial charge in [-0.3, -0.25) is 5.41 Å². The normalized spacial score (nSPS) is 10.4. The molecule has 4 nitrogen and oxygen atoms in total. The molecular weight excluding hydrogens is 224 g/mol. The van der Waals surface area contributed by atoms with Crippen molar-refractivity contribution in [3.8, 4) is 0 Å². The zero-order valence-electron chi connectivity index (χ0n) is 7.52. The lowest BCUT2D eigenvalue weighted by Gasteiger charge is -2.04. The van der Waals surface area contributed by atoms with Gasteiger partial charge in [0, 0.05) is 11.8 Å². The number of hydrogen-bond acceptors (Lipinski definition) is 3. The Kier molecular flexibility index (Phi) is 4.09. The zero-order valence-corrected chi connectivity index (χ0v) is 9.15. The van der Waals surface area contributed by atoms with Gasteiger partial charge in [0.15, 0.2) is 9.84 Å². The number of sulfone groups is 1. The molecule has 0 saturated carbocycles. The van der Waals surface area contributed by atoms with Crippen LogP contribution in [0.2, 0.25) is 0 Å². The SMILES string of the molecule is CS(=O)(=O)c1ccccc1C(=N)N.Cl. The van der Waals surface area contributed by atoms with Gasteiger partial charge in [0.25, 0.3) is 0 Å². The second-order valence-electron chi connectivity index (χ2n) is 2.68. The minimum Gasteiger partial charge on any atom is -0.384 e. The van der Waals surface area contributed by atoms with Crippen molar-refractivity contribution in [1.29, 1.82) is 5.41 Å². The van der Waals surface area contributed by atoms with Crippen molar-refractivity contribution < 1.29 is 8.42 Å². The number of nitrogens with two attached hydrogens (primary N) is 1. The van der Waals surface area contributed by atoms with Crippen LogP contribution in [0.4, 0.5) is 0 Å². The summed E-state index contributed by atoms with van der Waals surface area (Å²) in [5, 5.41) is 7.17. The molecule has 0 saturated heterocycles. The fraction of sp³-hybridized carbons (Fsp3) is 0.125. The standard InChI is InChI=1S/C8H10N2O2S.ClH/c1-13(11,12)7-5-3-2-4-6(7)8(9)10;/h2-5H,1H3,(H3,9,10);1H. The van der Waals surface area contributed by atoms with Gasteiger partial charge < -0.3 is 5.73 Å². The van der Waals surface area contributed by atoms with Crippen LogP contribution in [-0.2, 0) is 9.84 Å². The Bertz CT molecular complexity index is 442. The summed E-state index contributed by atoms with van der Waals surface area (Å²) in [5.41, 5.74) is 5.48. The van der Waals surface area contributed by atoms with Gasteiger partial charge in [-0.15, -0.1) is 12.4 Å². The second-order valence-corrected chi connectivity index (χ2v) is 4.67. The van der Waals surface area contributed by atoms with Gasteiger partial charge in [0.05, 0.1) is 4.90 Å². The van der Waals surface area contributed by atoms with E-state index in [1.807, 2.05) is 0 Å². The lowest BCUT2D eigenvalue weighted by Crippen LogP contribution is -2.15. The largest absolute Gasteiger partial charge is 0.384 e. The van der Waals surface area contributed by atoms with Crippen LogP contribution in [0.1, 0.15) is 5.56 Å². The van der Waals surface area contributed by atoms with E-state index in [0.29, 0.717) is 0 Å². The molecule has 14 heavy (non-hydrogen) atoms. The van der Waals surface area contributed by atoms with Crippen molar-refractivity contribution in [3.05, 3.63) is 29.8 Å². The molecular formula is C8H11ClN2O2S. The number of nitrogens with one attached hydrogen (secondary N) is 1. The maximum Gasteiger partial charge on any atom is 0.176 e. The number of nitrogen functional groups attached to an aromatic ring is 1. The van der Waals surface area contributed by atoms with Crippen LogP contribution >= 0.6 is 12.4 Å². The molecule has 0 unspecified atom stereocenters. The monoisotopic (exact) mass is 234 g/mol. The van der Waals surface area contributed by atoms with Gasteiger partial charge in [-0.05, 0) is 12.1 Å². The number of halogens is 1. The lowest BCUT2D eigenvalue weighted by atomic mass is 10.2. The highest BCUT2D eigenvalue weighted by atomic mass is 35.5. The topological polar surface area (TPSA) is 84.0 Å². The van der Waals surface area contributed by atoms with Crippen LogP contribution < -0.4 is 5.73 Å². The first-order valence-corrected chi connectivity index (χ1v) is 5.45. The van der Waals surface area contributed by atoms with Gasteiger partial charge in [0.1, 0.15) is 5.84 Å². The third-order valence-electron chi connectivity index (χ3n) is 1.58. The Hall–Kier alpha value is -1.07. The molecule has 0 fully saturated rings. The summed E-state index contributed by atoms with van der Waals surface area (Å²) in [6.07, 6.45) is 1.09. The molecule has 3 N–H and O–H groups in total. The smallest absolute Gasteiger partial charge is 0.176 e. The first-order chi connectivity index (χ1) is 5.93. The molecule has 0 spiro atoms. The van der Waals surface area contributed by atoms with Crippen molar-refractivity contribution in [3.63, 3.8) is 0 Å². The van der Waals surface area contributed by atoms with Crippen LogP contribution in [-0.4, -0.2) is 20.5 Å². The molecule has 1 aromatic carbocycles. The van der Waals surface area contributed by atoms with E-state index < -0.39 is 9.84 Å². The summed E-state index contributed by atoms with van der Waals surface area (Å²) in [7, 11) is -3.30. The Morgan fingerprint density at radius 2 is 1.86 bits per heavy atom. The molecule has 0 bridgehead atoms. The first-order valence-electron chi connectivity index (χ1n) is 3.56.